The van der Waals surface area contributed by atoms with Gasteiger partial charge in [-0.2, -0.15) is 127 Å². The van der Waals surface area contributed by atoms with Crippen LogP contribution in [-0.2, 0) is 74.3 Å². The Morgan fingerprint density at radius 2 is 0.587 bits per heavy atom. The van der Waals surface area contributed by atoms with Crippen LogP contribution in [-0.4, -0.2) is 24.2 Å². The van der Waals surface area contributed by atoms with Crippen LogP contribution in [0.2, 0.25) is 0 Å². The van der Waals surface area contributed by atoms with Gasteiger partial charge in [0.25, 0.3) is 0 Å². The van der Waals surface area contributed by atoms with Crippen LogP contribution in [0.25, 0.3) is 0 Å². The van der Waals surface area contributed by atoms with Gasteiger partial charge >= 0.3 is 49.4 Å². The Morgan fingerprint density at radius 1 is 0.348 bits per heavy atom. The average Bonchev–Trinajstić information content (AvgIpc) is 0.782. The molecular weight excluding hydrogens is 1480 g/mol. The molecule has 0 aromatic heterocycles. The maximum Gasteiger partial charge on any atom is 0.416 e. The van der Waals surface area contributed by atoms with Gasteiger partial charge in [0.2, 0.25) is 5.90 Å². The minimum absolute atomic E-state index is 0. The molecule has 7 aromatic rings. The first-order valence-corrected chi connectivity index (χ1v) is 28.1. The van der Waals surface area contributed by atoms with Crippen LogP contribution < -0.4 is 37.8 Å². The van der Waals surface area contributed by atoms with Crippen LogP contribution in [0, 0.1) is 25.7 Å². The molecule has 7 aromatic carbocycles. The first kappa shape index (κ1) is 74.5. The van der Waals surface area contributed by atoms with E-state index in [0.717, 1.165) is 11.5 Å². The molecule has 1 saturated carbocycles. The zero-order chi connectivity index (χ0) is 67.6. The van der Waals surface area contributed by atoms with Crippen molar-refractivity contribution in [2.75, 3.05) is 6.61 Å². The number of halogens is 24. The molecule has 0 spiro atoms. The maximum atomic E-state index is 14.2. The van der Waals surface area contributed by atoms with Gasteiger partial charge in [0, 0.05) is 25.7 Å². The average molecular weight is 1520 g/mol. The third kappa shape index (κ3) is 18.4. The fourth-order valence-corrected chi connectivity index (χ4v) is 12.5. The minimum Gasteiger partial charge on any atom is -0.475 e. The molecule has 1 fully saturated rings. The maximum absolute atomic E-state index is 14.2. The Labute approximate surface area is 525 Å². The van der Waals surface area contributed by atoms with E-state index in [1.807, 2.05) is 0 Å². The molecular formula is C63H46BF24IrNOP-. The molecule has 0 unspecified atom stereocenters. The molecule has 0 amide bonds. The molecule has 29 heteroatoms. The van der Waals surface area contributed by atoms with Crippen molar-refractivity contribution < 1.29 is 130 Å². The molecule has 9 rings (SSSR count). The van der Waals surface area contributed by atoms with Crippen LogP contribution in [0.1, 0.15) is 89.6 Å². The van der Waals surface area contributed by atoms with Gasteiger partial charge in [0.15, 0.2) is 0 Å². The zero-order valence-corrected chi connectivity index (χ0v) is 50.4. The monoisotopic (exact) mass is 1520 g/mol. The van der Waals surface area contributed by atoms with Crippen molar-refractivity contribution in [1.29, 1.82) is 0 Å². The molecule has 2 aliphatic rings. The largest absolute Gasteiger partial charge is 0.475 e. The molecule has 0 saturated heterocycles. The van der Waals surface area contributed by atoms with Gasteiger partial charge < -0.3 is 4.74 Å². The van der Waals surface area contributed by atoms with E-state index in [1.165, 1.54) is 41.6 Å². The first-order valence-electron chi connectivity index (χ1n) is 26.8. The third-order valence-electron chi connectivity index (χ3n) is 14.1. The van der Waals surface area contributed by atoms with Gasteiger partial charge in [0.05, 0.1) is 50.0 Å². The van der Waals surface area contributed by atoms with Crippen molar-refractivity contribution in [3.63, 3.8) is 0 Å². The molecule has 1 aliphatic carbocycles. The van der Waals surface area contributed by atoms with Gasteiger partial charge in [-0.1, -0.05) is 127 Å². The van der Waals surface area contributed by atoms with Crippen molar-refractivity contribution in [2.45, 2.75) is 94.5 Å². The zero-order valence-electron chi connectivity index (χ0n) is 47.1. The number of rotatable bonds is 8. The topological polar surface area (TPSA) is 21.6 Å². The minimum atomic E-state index is -6.13. The Morgan fingerprint density at radius 3 is 0.815 bits per heavy atom. The molecule has 1 aliphatic heterocycles. The van der Waals surface area contributed by atoms with Crippen molar-refractivity contribution in [1.82, 2.24) is 0 Å². The van der Waals surface area contributed by atoms with Gasteiger partial charge in [-0.05, 0) is 119 Å². The van der Waals surface area contributed by atoms with E-state index in [0.29, 0.717) is 6.61 Å². The Kier molecular flexibility index (Phi) is 22.8. The van der Waals surface area contributed by atoms with Crippen molar-refractivity contribution in [2.24, 2.45) is 4.99 Å². The van der Waals surface area contributed by atoms with E-state index in [9.17, 15) is 105 Å². The number of nitrogens with zero attached hydrogens (tertiary/aromatic N) is 1. The number of ether oxygens (including phenoxy) is 1. The van der Waals surface area contributed by atoms with Gasteiger partial charge in [-0.15, -0.1) is 0 Å². The summed E-state index contributed by atoms with van der Waals surface area (Å²) in [5, 5.41) is 3.95. The Bertz CT molecular complexity index is 3160. The molecule has 92 heavy (non-hydrogen) atoms. The molecule has 0 N–H and O–H groups in total. The SMILES string of the molecule is CC1(C)COC(c2ccccc2P(c2ccccc2)c2ccccc2)=N1.FC(F)(F)c1cc([B-](c2cc(C(F)(F)F)cc(C(F)(F)F)c2)(c2cc(C(F)(F)F)cc(C(F)(F)F)c2)c2cc(C(F)(F)F)cc(C(F)(F)F)c2)cc(C(F)(F)F)c1.[CH]1[CH]CC[CH][CH]CC1.[Ir]. The van der Waals surface area contributed by atoms with Crippen molar-refractivity contribution in [3.05, 3.63) is 233 Å². The normalized spacial score (nSPS) is 15.4. The predicted octanol–water partition coefficient (Wildman–Crippen LogP) is 17.6. The summed E-state index contributed by atoms with van der Waals surface area (Å²) >= 11 is 0. The van der Waals surface area contributed by atoms with E-state index in [-0.39, 0.29) is 25.6 Å². The number of benzene rings is 7. The summed E-state index contributed by atoms with van der Waals surface area (Å²) in [5.74, 6) is 0.768. The van der Waals surface area contributed by atoms with Crippen LogP contribution in [0.4, 0.5) is 105 Å². The second kappa shape index (κ2) is 28.2. The smallest absolute Gasteiger partial charge is 0.416 e. The second-order valence-corrected chi connectivity index (χ2v) is 23.5. The number of hydrogen-bond acceptors (Lipinski definition) is 2. The fourth-order valence-electron chi connectivity index (χ4n) is 10.1. The van der Waals surface area contributed by atoms with Crippen LogP contribution in [0.15, 0.2) is 163 Å². The van der Waals surface area contributed by atoms with Crippen LogP contribution in [0.3, 0.4) is 0 Å². The third-order valence-corrected chi connectivity index (χ3v) is 16.6. The van der Waals surface area contributed by atoms with E-state index < -0.39 is 203 Å². The first-order chi connectivity index (χ1) is 41.9. The predicted molar refractivity (Wildman–Crippen MR) is 297 cm³/mol. The van der Waals surface area contributed by atoms with Crippen molar-refractivity contribution in [3.8, 4) is 0 Å². The summed E-state index contributed by atoms with van der Waals surface area (Å²) in [4.78, 5) is 4.83. The van der Waals surface area contributed by atoms with Gasteiger partial charge in [0.1, 0.15) is 12.8 Å². The molecule has 2 nitrogen and oxygen atoms in total. The number of aliphatic imine (C=N–C) groups is 1. The summed E-state index contributed by atoms with van der Waals surface area (Å²) in [7, 11) is -0.675. The number of alkyl halides is 24. The molecule has 5 radical (unpaired) electrons. The van der Waals surface area contributed by atoms with E-state index in [2.05, 4.69) is 124 Å². The van der Waals surface area contributed by atoms with E-state index in [4.69, 9.17) is 9.73 Å². The molecule has 0 atom stereocenters. The van der Waals surface area contributed by atoms with Crippen LogP contribution in [0.5, 0.6) is 0 Å². The van der Waals surface area contributed by atoms with Crippen molar-refractivity contribution >= 4 is 57.7 Å². The fraction of sp³-hybridized carbons (Fsp3) is 0.254. The molecule has 1 heterocycles. The Hall–Kier alpha value is -6.53. The van der Waals surface area contributed by atoms with E-state index >= 15 is 0 Å². The van der Waals surface area contributed by atoms with E-state index in [1.54, 1.807) is 0 Å². The number of hydrogen-bond donors (Lipinski definition) is 0. The Balaban J connectivity index is 0.000000312. The summed E-state index contributed by atoms with van der Waals surface area (Å²) in [6.07, 6.45) is -40.8. The quantitative estimate of drug-likeness (QED) is 0.0844. The molecule has 0 bridgehead atoms. The van der Waals surface area contributed by atoms with Crippen LogP contribution >= 0.6 is 7.92 Å². The van der Waals surface area contributed by atoms with Gasteiger partial charge in [-0.3, -0.25) is 0 Å². The summed E-state index contributed by atoms with van der Waals surface area (Å²) in [6, 6.07) is 21.2. The van der Waals surface area contributed by atoms with Gasteiger partial charge in [-0.25, -0.2) is 4.99 Å². The second-order valence-electron chi connectivity index (χ2n) is 21.4. The molecule has 495 valence electrons. The summed E-state index contributed by atoms with van der Waals surface area (Å²) in [5.41, 5.74) is -29.3. The summed E-state index contributed by atoms with van der Waals surface area (Å²) < 4.78 is 347. The standard InChI is InChI=1S/C32H12BF24.C23H22NOP.C8H12.Ir/c34-25(35,36)13-1-14(26(37,38)39)6-21(5-13)33(22-7-15(27(40,41)42)2-16(8-22)28(43,44)45,23-9-17(29(46,47)48)3-18(10-23)30(49,50)51)24-11-19(31(52,53)54)4-20(12-24)32(55,56)57;1-23(2)17-25-22(24-23)20-15-9-10-16-21(20)26(18-11-5-3-6-12-18)19-13-7-4-8-14-19;1-2-4-6-8-7-5-3-1;/h1-12H;3-16H,17H2,1-2H3;1-2,7-8H,3-6H2;/q-1;;;. The summed E-state index contributed by atoms with van der Waals surface area (Å²) in [6.45, 7) is 4.85.